The molecule has 0 aliphatic carbocycles. The minimum absolute atomic E-state index is 0.0508. The van der Waals surface area contributed by atoms with Gasteiger partial charge in [-0.1, -0.05) is 17.7 Å². The standard InChI is InChI=1S/C15H8ClFN2O3/c16-11-7-9(4-5-12(11)17)14-19-18-13(22-14)8-2-1-3-10(6-8)15(20)21/h1-7H,(H,20,21). The number of carboxylic acid groups (broad SMARTS) is 1. The Morgan fingerprint density at radius 2 is 1.77 bits per heavy atom. The largest absolute Gasteiger partial charge is 0.478 e. The predicted molar refractivity (Wildman–Crippen MR) is 77.1 cm³/mol. The average Bonchev–Trinajstić information content (AvgIpc) is 3.00. The number of benzene rings is 2. The highest BCUT2D eigenvalue weighted by Gasteiger charge is 2.13. The van der Waals surface area contributed by atoms with Crippen LogP contribution in [0.3, 0.4) is 0 Å². The summed E-state index contributed by atoms with van der Waals surface area (Å²) in [6.07, 6.45) is 0. The third-order valence-corrected chi connectivity index (χ3v) is 3.24. The summed E-state index contributed by atoms with van der Waals surface area (Å²) in [6, 6.07) is 10.2. The van der Waals surface area contributed by atoms with Crippen molar-refractivity contribution >= 4 is 17.6 Å². The molecule has 5 nitrogen and oxygen atoms in total. The maximum atomic E-state index is 13.2. The Kier molecular flexibility index (Phi) is 3.60. The van der Waals surface area contributed by atoms with Gasteiger partial charge in [-0.25, -0.2) is 9.18 Å². The molecular weight excluding hydrogens is 311 g/mol. The van der Waals surface area contributed by atoms with Crippen molar-refractivity contribution in [3.05, 3.63) is 58.9 Å². The molecule has 0 saturated carbocycles. The molecule has 0 bridgehead atoms. The van der Waals surface area contributed by atoms with Gasteiger partial charge in [-0.3, -0.25) is 0 Å². The van der Waals surface area contributed by atoms with Gasteiger partial charge in [-0.15, -0.1) is 10.2 Å². The van der Waals surface area contributed by atoms with Crippen LogP contribution in [0.15, 0.2) is 46.9 Å². The van der Waals surface area contributed by atoms with Crippen LogP contribution in [0.25, 0.3) is 22.9 Å². The van der Waals surface area contributed by atoms with Crippen molar-refractivity contribution in [1.29, 1.82) is 0 Å². The first kappa shape index (κ1) is 14.2. The van der Waals surface area contributed by atoms with Gasteiger partial charge in [-0.05, 0) is 36.4 Å². The lowest BCUT2D eigenvalue weighted by Gasteiger charge is -1.98. The molecule has 7 heteroatoms. The van der Waals surface area contributed by atoms with E-state index >= 15 is 0 Å². The summed E-state index contributed by atoms with van der Waals surface area (Å²) >= 11 is 5.71. The quantitative estimate of drug-likeness (QED) is 0.792. The van der Waals surface area contributed by atoms with E-state index in [2.05, 4.69) is 10.2 Å². The van der Waals surface area contributed by atoms with Gasteiger partial charge in [0.1, 0.15) is 5.82 Å². The second-order valence-electron chi connectivity index (χ2n) is 4.43. The summed E-state index contributed by atoms with van der Waals surface area (Å²) in [5, 5.41) is 16.7. The first-order valence-corrected chi connectivity index (χ1v) is 6.55. The topological polar surface area (TPSA) is 76.2 Å². The number of hydrogen-bond acceptors (Lipinski definition) is 4. The van der Waals surface area contributed by atoms with E-state index in [1.54, 1.807) is 12.1 Å². The smallest absolute Gasteiger partial charge is 0.335 e. The molecule has 110 valence electrons. The second kappa shape index (κ2) is 5.57. The Hall–Kier alpha value is -2.73. The van der Waals surface area contributed by atoms with Crippen molar-refractivity contribution in [2.75, 3.05) is 0 Å². The summed E-state index contributed by atoms with van der Waals surface area (Å²) < 4.78 is 18.6. The highest BCUT2D eigenvalue weighted by Crippen LogP contribution is 2.27. The van der Waals surface area contributed by atoms with Gasteiger partial charge in [-0.2, -0.15) is 0 Å². The number of carbonyl (C=O) groups is 1. The Bertz CT molecular complexity index is 863. The van der Waals surface area contributed by atoms with Crippen LogP contribution >= 0.6 is 11.6 Å². The molecular formula is C15H8ClFN2O3. The van der Waals surface area contributed by atoms with E-state index in [1.165, 1.54) is 30.3 Å². The molecule has 3 aromatic rings. The van der Waals surface area contributed by atoms with E-state index in [0.717, 1.165) is 0 Å². The minimum Gasteiger partial charge on any atom is -0.478 e. The van der Waals surface area contributed by atoms with E-state index < -0.39 is 11.8 Å². The van der Waals surface area contributed by atoms with Crippen molar-refractivity contribution in [3.8, 4) is 22.9 Å². The summed E-state index contributed by atoms with van der Waals surface area (Å²) in [7, 11) is 0. The molecule has 0 atom stereocenters. The molecule has 1 N–H and O–H groups in total. The molecule has 0 spiro atoms. The zero-order chi connectivity index (χ0) is 15.7. The third-order valence-electron chi connectivity index (χ3n) is 2.95. The van der Waals surface area contributed by atoms with Crippen LogP contribution in [-0.2, 0) is 0 Å². The van der Waals surface area contributed by atoms with Crippen LogP contribution < -0.4 is 0 Å². The molecule has 1 aromatic heterocycles. The van der Waals surface area contributed by atoms with Crippen LogP contribution in [0, 0.1) is 5.82 Å². The molecule has 0 radical (unpaired) electrons. The maximum absolute atomic E-state index is 13.2. The first-order valence-electron chi connectivity index (χ1n) is 6.17. The van der Waals surface area contributed by atoms with Crippen LogP contribution in [0.2, 0.25) is 5.02 Å². The number of hydrogen-bond donors (Lipinski definition) is 1. The molecule has 2 aromatic carbocycles. The molecule has 3 rings (SSSR count). The molecule has 0 aliphatic rings. The number of rotatable bonds is 3. The van der Waals surface area contributed by atoms with E-state index in [0.29, 0.717) is 11.1 Å². The van der Waals surface area contributed by atoms with Crippen LogP contribution in [0.1, 0.15) is 10.4 Å². The Morgan fingerprint density at radius 3 is 2.41 bits per heavy atom. The van der Waals surface area contributed by atoms with E-state index in [9.17, 15) is 9.18 Å². The van der Waals surface area contributed by atoms with Crippen molar-refractivity contribution in [2.24, 2.45) is 0 Å². The molecule has 0 unspecified atom stereocenters. The summed E-state index contributed by atoms with van der Waals surface area (Å²) in [5.41, 5.74) is 1.06. The van der Waals surface area contributed by atoms with Crippen LogP contribution in [-0.4, -0.2) is 21.3 Å². The number of nitrogens with zero attached hydrogens (tertiary/aromatic N) is 2. The van der Waals surface area contributed by atoms with Crippen molar-refractivity contribution in [3.63, 3.8) is 0 Å². The number of aromatic nitrogens is 2. The highest BCUT2D eigenvalue weighted by molar-refractivity contribution is 6.31. The normalized spacial score (nSPS) is 10.6. The van der Waals surface area contributed by atoms with Crippen LogP contribution in [0.5, 0.6) is 0 Å². The van der Waals surface area contributed by atoms with Gasteiger partial charge >= 0.3 is 5.97 Å². The Labute approximate surface area is 129 Å². The third kappa shape index (κ3) is 2.68. The molecule has 1 heterocycles. The zero-order valence-electron chi connectivity index (χ0n) is 11.0. The monoisotopic (exact) mass is 318 g/mol. The predicted octanol–water partition coefficient (Wildman–Crippen LogP) is 3.89. The van der Waals surface area contributed by atoms with Crippen molar-refractivity contribution < 1.29 is 18.7 Å². The SMILES string of the molecule is O=C(O)c1cccc(-c2nnc(-c3ccc(F)c(Cl)c3)o2)c1. The van der Waals surface area contributed by atoms with E-state index in [-0.39, 0.29) is 22.4 Å². The number of carboxylic acids is 1. The zero-order valence-corrected chi connectivity index (χ0v) is 11.7. The molecule has 0 saturated heterocycles. The molecule has 0 amide bonds. The van der Waals surface area contributed by atoms with E-state index in [4.69, 9.17) is 21.1 Å². The van der Waals surface area contributed by atoms with Crippen LogP contribution in [0.4, 0.5) is 4.39 Å². The molecule has 0 fully saturated rings. The number of aromatic carboxylic acids is 1. The van der Waals surface area contributed by atoms with Gasteiger partial charge in [0, 0.05) is 11.1 Å². The van der Waals surface area contributed by atoms with Gasteiger partial charge in [0.15, 0.2) is 0 Å². The first-order chi connectivity index (χ1) is 10.5. The van der Waals surface area contributed by atoms with E-state index in [1.807, 2.05) is 0 Å². The van der Waals surface area contributed by atoms with Gasteiger partial charge in [0.05, 0.1) is 10.6 Å². The minimum atomic E-state index is -1.05. The maximum Gasteiger partial charge on any atom is 0.335 e. The summed E-state index contributed by atoms with van der Waals surface area (Å²) in [5.74, 6) is -1.26. The van der Waals surface area contributed by atoms with Crippen molar-refractivity contribution in [2.45, 2.75) is 0 Å². The molecule has 22 heavy (non-hydrogen) atoms. The van der Waals surface area contributed by atoms with Gasteiger partial charge in [0.25, 0.3) is 0 Å². The lowest BCUT2D eigenvalue weighted by atomic mass is 10.1. The van der Waals surface area contributed by atoms with Crippen molar-refractivity contribution in [1.82, 2.24) is 10.2 Å². The fraction of sp³-hybridized carbons (Fsp3) is 0. The number of halogens is 2. The Balaban J connectivity index is 1.98. The lowest BCUT2D eigenvalue weighted by Crippen LogP contribution is -1.95. The fourth-order valence-corrected chi connectivity index (χ4v) is 2.05. The fourth-order valence-electron chi connectivity index (χ4n) is 1.87. The second-order valence-corrected chi connectivity index (χ2v) is 4.83. The Morgan fingerprint density at radius 1 is 1.09 bits per heavy atom. The molecule has 0 aliphatic heterocycles. The van der Waals surface area contributed by atoms with Gasteiger partial charge < -0.3 is 9.52 Å². The summed E-state index contributed by atoms with van der Waals surface area (Å²) in [6.45, 7) is 0. The van der Waals surface area contributed by atoms with Gasteiger partial charge in [0.2, 0.25) is 11.8 Å². The highest BCUT2D eigenvalue weighted by atomic mass is 35.5. The summed E-state index contributed by atoms with van der Waals surface area (Å²) in [4.78, 5) is 11.0. The lowest BCUT2D eigenvalue weighted by molar-refractivity contribution is 0.0697. The average molecular weight is 319 g/mol.